The van der Waals surface area contributed by atoms with Crippen LogP contribution in [0.25, 0.3) is 0 Å². The third-order valence-corrected chi connectivity index (χ3v) is 1.72. The molecule has 0 bridgehead atoms. The summed E-state index contributed by atoms with van der Waals surface area (Å²) in [5.74, 6) is -5.75. The molecule has 64 valence electrons. The average molecular weight is 165 g/mol. The van der Waals surface area contributed by atoms with Crippen LogP contribution in [-0.2, 0) is 4.79 Å². The second-order valence-corrected chi connectivity index (χ2v) is 2.74. The number of carboxylic acids is 1. The van der Waals surface area contributed by atoms with E-state index in [1.54, 1.807) is 0 Å². The van der Waals surface area contributed by atoms with Crippen LogP contribution in [0, 0.1) is 5.92 Å². The lowest BCUT2D eigenvalue weighted by atomic mass is 9.95. The molecule has 0 radical (unpaired) electrons. The molecule has 0 atom stereocenters. The number of carbonyl (C=O) groups is 1. The van der Waals surface area contributed by atoms with Gasteiger partial charge in [-0.1, -0.05) is 0 Å². The number of aliphatic carboxylic acids is 1. The van der Waals surface area contributed by atoms with E-state index in [4.69, 9.17) is 5.11 Å². The second kappa shape index (κ2) is 2.73. The summed E-state index contributed by atoms with van der Waals surface area (Å²) in [4.78, 5) is 9.93. The third-order valence-electron chi connectivity index (χ3n) is 1.72. The molecule has 11 heavy (non-hydrogen) atoms. The molecule has 1 rings (SSSR count). The zero-order valence-electron chi connectivity index (χ0n) is 5.81. The van der Waals surface area contributed by atoms with Gasteiger partial charge in [-0.05, 0) is 19.0 Å². The predicted octanol–water partition coefficient (Wildman–Crippen LogP) is 0.316. The highest BCUT2D eigenvalue weighted by Crippen LogP contribution is 2.25. The van der Waals surface area contributed by atoms with Gasteiger partial charge in [0.15, 0.2) is 0 Å². The van der Waals surface area contributed by atoms with Crippen LogP contribution in [0.1, 0.15) is 6.42 Å². The summed E-state index contributed by atoms with van der Waals surface area (Å²) in [6.45, 7) is 1.01. The van der Waals surface area contributed by atoms with Crippen molar-refractivity contribution in [3.63, 3.8) is 0 Å². The quantitative estimate of drug-likeness (QED) is 0.633. The van der Waals surface area contributed by atoms with E-state index in [0.29, 0.717) is 13.1 Å². The Morgan fingerprint density at radius 3 is 2.45 bits per heavy atom. The van der Waals surface area contributed by atoms with Gasteiger partial charge < -0.3 is 10.4 Å². The van der Waals surface area contributed by atoms with Crippen molar-refractivity contribution in [2.75, 3.05) is 13.1 Å². The SMILES string of the molecule is O=C(O)C(F)(F)CC1CNC1. The molecule has 0 spiro atoms. The van der Waals surface area contributed by atoms with Crippen LogP contribution in [0.5, 0.6) is 0 Å². The van der Waals surface area contributed by atoms with E-state index < -0.39 is 18.3 Å². The van der Waals surface area contributed by atoms with Crippen molar-refractivity contribution < 1.29 is 18.7 Å². The zero-order chi connectivity index (χ0) is 8.48. The molecule has 1 fully saturated rings. The number of halogens is 2. The maximum absolute atomic E-state index is 12.4. The van der Waals surface area contributed by atoms with Gasteiger partial charge in [0.25, 0.3) is 0 Å². The van der Waals surface area contributed by atoms with Crippen molar-refractivity contribution in [3.05, 3.63) is 0 Å². The molecule has 0 saturated carbocycles. The monoisotopic (exact) mass is 165 g/mol. The van der Waals surface area contributed by atoms with E-state index in [2.05, 4.69) is 5.32 Å². The van der Waals surface area contributed by atoms with E-state index in [1.807, 2.05) is 0 Å². The van der Waals surface area contributed by atoms with Crippen molar-refractivity contribution in [3.8, 4) is 0 Å². The average Bonchev–Trinajstić information content (AvgIpc) is 1.79. The van der Waals surface area contributed by atoms with Crippen molar-refractivity contribution >= 4 is 5.97 Å². The fraction of sp³-hybridized carbons (Fsp3) is 0.833. The number of hydrogen-bond donors (Lipinski definition) is 2. The van der Waals surface area contributed by atoms with Crippen molar-refractivity contribution in [1.82, 2.24) is 5.32 Å². The third kappa shape index (κ3) is 1.86. The fourth-order valence-corrected chi connectivity index (χ4v) is 0.943. The molecule has 0 aromatic carbocycles. The van der Waals surface area contributed by atoms with Crippen LogP contribution in [0.3, 0.4) is 0 Å². The Morgan fingerprint density at radius 2 is 2.18 bits per heavy atom. The lowest BCUT2D eigenvalue weighted by Crippen LogP contribution is -2.46. The highest BCUT2D eigenvalue weighted by molar-refractivity contribution is 5.75. The first-order valence-corrected chi connectivity index (χ1v) is 3.34. The minimum absolute atomic E-state index is 0.180. The van der Waals surface area contributed by atoms with Crippen LogP contribution in [0.2, 0.25) is 0 Å². The molecule has 0 aromatic heterocycles. The van der Waals surface area contributed by atoms with E-state index in [1.165, 1.54) is 0 Å². The van der Waals surface area contributed by atoms with Crippen LogP contribution in [-0.4, -0.2) is 30.1 Å². The Hall–Kier alpha value is -0.710. The van der Waals surface area contributed by atoms with E-state index in [9.17, 15) is 13.6 Å². The Labute approximate surface area is 62.4 Å². The summed E-state index contributed by atoms with van der Waals surface area (Å²) in [5.41, 5.74) is 0. The molecule has 3 nitrogen and oxygen atoms in total. The van der Waals surface area contributed by atoms with Gasteiger partial charge in [0.05, 0.1) is 0 Å². The largest absolute Gasteiger partial charge is 0.477 e. The maximum atomic E-state index is 12.4. The molecule has 5 heteroatoms. The number of rotatable bonds is 3. The number of carboxylic acid groups (broad SMARTS) is 1. The van der Waals surface area contributed by atoms with E-state index >= 15 is 0 Å². The van der Waals surface area contributed by atoms with Gasteiger partial charge in [-0.25, -0.2) is 4.79 Å². The smallest absolute Gasteiger partial charge is 0.374 e. The molecule has 1 saturated heterocycles. The standard InChI is InChI=1S/C6H9F2NO2/c7-6(8,5(10)11)1-4-2-9-3-4/h4,9H,1-3H2,(H,10,11). The van der Waals surface area contributed by atoms with E-state index in [-0.39, 0.29) is 5.92 Å². The zero-order valence-corrected chi connectivity index (χ0v) is 5.81. The number of nitrogens with one attached hydrogen (secondary N) is 1. The van der Waals surface area contributed by atoms with Crippen molar-refractivity contribution in [2.24, 2.45) is 5.92 Å². The summed E-state index contributed by atoms with van der Waals surface area (Å²) in [6, 6.07) is 0. The molecule has 0 amide bonds. The van der Waals surface area contributed by atoms with Gasteiger partial charge in [-0.2, -0.15) is 8.78 Å². The molecule has 1 aliphatic rings. The molecule has 1 aliphatic heterocycles. The molecule has 1 heterocycles. The Kier molecular flexibility index (Phi) is 2.08. The minimum Gasteiger partial charge on any atom is -0.477 e. The summed E-state index contributed by atoms with van der Waals surface area (Å²) < 4.78 is 24.8. The predicted molar refractivity (Wildman–Crippen MR) is 33.6 cm³/mol. The summed E-state index contributed by atoms with van der Waals surface area (Å²) in [5, 5.41) is 10.8. The number of hydrogen-bond acceptors (Lipinski definition) is 2. The van der Waals surface area contributed by atoms with Gasteiger partial charge in [0.2, 0.25) is 0 Å². The second-order valence-electron chi connectivity index (χ2n) is 2.74. The first kappa shape index (κ1) is 8.39. The maximum Gasteiger partial charge on any atom is 0.374 e. The highest BCUT2D eigenvalue weighted by atomic mass is 19.3. The minimum atomic E-state index is -3.55. The van der Waals surface area contributed by atoms with Gasteiger partial charge in [0.1, 0.15) is 0 Å². The van der Waals surface area contributed by atoms with Crippen LogP contribution in [0.15, 0.2) is 0 Å². The lowest BCUT2D eigenvalue weighted by molar-refractivity contribution is -0.167. The Bertz CT molecular complexity index is 168. The van der Waals surface area contributed by atoms with Crippen LogP contribution in [0.4, 0.5) is 8.78 Å². The van der Waals surface area contributed by atoms with Crippen LogP contribution < -0.4 is 5.32 Å². The van der Waals surface area contributed by atoms with Crippen LogP contribution >= 0.6 is 0 Å². The Morgan fingerprint density at radius 1 is 1.64 bits per heavy atom. The normalized spacial score (nSPS) is 19.5. The summed E-state index contributed by atoms with van der Waals surface area (Å²) >= 11 is 0. The molecule has 0 unspecified atom stereocenters. The summed E-state index contributed by atoms with van der Waals surface area (Å²) in [6.07, 6.45) is -0.546. The molecular formula is C6H9F2NO2. The fourth-order valence-electron chi connectivity index (χ4n) is 0.943. The lowest BCUT2D eigenvalue weighted by Gasteiger charge is -2.28. The Balaban J connectivity index is 2.38. The van der Waals surface area contributed by atoms with Crippen molar-refractivity contribution in [2.45, 2.75) is 12.3 Å². The molecule has 2 N–H and O–H groups in total. The topological polar surface area (TPSA) is 49.3 Å². The summed E-state index contributed by atoms with van der Waals surface area (Å²) in [7, 11) is 0. The van der Waals surface area contributed by atoms with Gasteiger partial charge in [-0.15, -0.1) is 0 Å². The van der Waals surface area contributed by atoms with Gasteiger partial charge in [0, 0.05) is 6.42 Å². The molecule has 0 aliphatic carbocycles. The van der Waals surface area contributed by atoms with Gasteiger partial charge in [-0.3, -0.25) is 0 Å². The molecular weight excluding hydrogens is 156 g/mol. The van der Waals surface area contributed by atoms with Crippen molar-refractivity contribution in [1.29, 1.82) is 0 Å². The van der Waals surface area contributed by atoms with Gasteiger partial charge >= 0.3 is 11.9 Å². The van der Waals surface area contributed by atoms with E-state index in [0.717, 1.165) is 0 Å². The first-order valence-electron chi connectivity index (χ1n) is 3.34. The first-order chi connectivity index (χ1) is 5.02. The highest BCUT2D eigenvalue weighted by Gasteiger charge is 2.42. The molecule has 0 aromatic rings. The number of alkyl halides is 2.